The average molecular weight is 430 g/mol. The molecule has 30 heavy (non-hydrogen) atoms. The van der Waals surface area contributed by atoms with Gasteiger partial charge in [0.2, 0.25) is 10.0 Å². The third-order valence-electron chi connectivity index (χ3n) is 5.08. The van der Waals surface area contributed by atoms with Gasteiger partial charge in [-0.05, 0) is 42.5 Å². The lowest BCUT2D eigenvalue weighted by molar-refractivity contribution is -0.139. The molecule has 0 spiro atoms. The third-order valence-corrected chi connectivity index (χ3v) is 6.99. The molecular weight excluding hydrogens is 402 g/mol. The van der Waals surface area contributed by atoms with E-state index in [1.54, 1.807) is 24.3 Å². The van der Waals surface area contributed by atoms with Crippen LogP contribution in [0.15, 0.2) is 59.5 Å². The zero-order chi connectivity index (χ0) is 21.4. The molecule has 2 aromatic rings. The van der Waals surface area contributed by atoms with Gasteiger partial charge in [-0.3, -0.25) is 9.59 Å². The summed E-state index contributed by atoms with van der Waals surface area (Å²) in [6.45, 7) is 1.63. The number of carbonyl (C=O) groups excluding carboxylic acids is 2. The molecule has 0 aromatic heterocycles. The van der Waals surface area contributed by atoms with Crippen LogP contribution in [0.4, 0.5) is 0 Å². The molecular formula is C22H27N3O4S. The highest BCUT2D eigenvalue weighted by molar-refractivity contribution is 7.89. The Labute approximate surface area is 177 Å². The highest BCUT2D eigenvalue weighted by atomic mass is 32.2. The Balaban J connectivity index is 1.46. The molecule has 1 aliphatic rings. The highest BCUT2D eigenvalue weighted by Crippen LogP contribution is 2.20. The minimum absolute atomic E-state index is 0.148. The van der Waals surface area contributed by atoms with Crippen molar-refractivity contribution in [3.8, 4) is 0 Å². The number of nitrogens with zero attached hydrogens (tertiary/aromatic N) is 1. The Hall–Kier alpha value is -2.71. The van der Waals surface area contributed by atoms with Gasteiger partial charge in [0.25, 0.3) is 0 Å². The number of piperidine rings is 1. The van der Waals surface area contributed by atoms with E-state index in [-0.39, 0.29) is 11.4 Å². The summed E-state index contributed by atoms with van der Waals surface area (Å²) < 4.78 is 26.8. The first-order valence-corrected chi connectivity index (χ1v) is 11.6. The summed E-state index contributed by atoms with van der Waals surface area (Å²) in [5.74, 6) is -1.40. The van der Waals surface area contributed by atoms with Crippen LogP contribution < -0.4 is 10.6 Å². The second-order valence-electron chi connectivity index (χ2n) is 7.28. The molecule has 1 aliphatic heterocycles. The van der Waals surface area contributed by atoms with Crippen molar-refractivity contribution in [3.63, 3.8) is 0 Å². The predicted molar refractivity (Wildman–Crippen MR) is 114 cm³/mol. The molecule has 0 aliphatic carbocycles. The number of nitrogens with one attached hydrogen (secondary N) is 2. The fraction of sp³-hybridized carbons (Fsp3) is 0.364. The van der Waals surface area contributed by atoms with Gasteiger partial charge in [0, 0.05) is 26.2 Å². The molecule has 2 aromatic carbocycles. The van der Waals surface area contributed by atoms with Gasteiger partial charge in [0.15, 0.2) is 0 Å². The Bertz CT molecular complexity index is 954. The molecule has 1 heterocycles. The molecule has 0 saturated carbocycles. The standard InChI is InChI=1S/C22H27N3O4S/c26-21(23-14-13-18-7-3-1-4-8-18)22(27)24-17-19-9-11-20(12-10-19)30(28,29)25-15-5-2-6-16-25/h1,3-4,7-12H,2,5-6,13-17H2,(H,23,26)(H,24,27). The number of amides is 2. The molecule has 160 valence electrons. The van der Waals surface area contributed by atoms with Crippen LogP contribution in [-0.2, 0) is 32.6 Å². The molecule has 3 rings (SSSR count). The molecule has 2 amide bonds. The Morgan fingerprint density at radius 2 is 1.43 bits per heavy atom. The summed E-state index contributed by atoms with van der Waals surface area (Å²) in [5, 5.41) is 5.15. The first-order valence-electron chi connectivity index (χ1n) is 10.2. The molecule has 0 unspecified atom stereocenters. The first-order chi connectivity index (χ1) is 14.5. The van der Waals surface area contributed by atoms with E-state index >= 15 is 0 Å². The summed E-state index contributed by atoms with van der Waals surface area (Å²) in [7, 11) is -3.47. The van der Waals surface area contributed by atoms with Crippen molar-refractivity contribution in [2.45, 2.75) is 37.1 Å². The summed E-state index contributed by atoms with van der Waals surface area (Å²) in [6.07, 6.45) is 3.48. The van der Waals surface area contributed by atoms with Crippen molar-refractivity contribution < 1.29 is 18.0 Å². The van der Waals surface area contributed by atoms with Crippen LogP contribution in [0.3, 0.4) is 0 Å². The minimum Gasteiger partial charge on any atom is -0.348 e. The van der Waals surface area contributed by atoms with Gasteiger partial charge in [-0.25, -0.2) is 8.42 Å². The van der Waals surface area contributed by atoms with Gasteiger partial charge >= 0.3 is 11.8 Å². The van der Waals surface area contributed by atoms with Gasteiger partial charge in [0.1, 0.15) is 0 Å². The summed E-state index contributed by atoms with van der Waals surface area (Å²) >= 11 is 0. The largest absolute Gasteiger partial charge is 0.348 e. The van der Waals surface area contributed by atoms with Crippen molar-refractivity contribution in [2.24, 2.45) is 0 Å². The maximum Gasteiger partial charge on any atom is 0.309 e. The van der Waals surface area contributed by atoms with E-state index in [1.807, 2.05) is 30.3 Å². The molecule has 0 bridgehead atoms. The Morgan fingerprint density at radius 1 is 0.800 bits per heavy atom. The van der Waals surface area contributed by atoms with E-state index in [1.165, 1.54) is 4.31 Å². The van der Waals surface area contributed by atoms with Gasteiger partial charge in [-0.1, -0.05) is 48.9 Å². The van der Waals surface area contributed by atoms with E-state index in [0.29, 0.717) is 26.1 Å². The summed E-state index contributed by atoms with van der Waals surface area (Å²) in [6, 6.07) is 16.1. The van der Waals surface area contributed by atoms with Crippen molar-refractivity contribution in [3.05, 3.63) is 65.7 Å². The number of sulfonamides is 1. The topological polar surface area (TPSA) is 95.6 Å². The molecule has 0 radical (unpaired) electrons. The van der Waals surface area contributed by atoms with E-state index < -0.39 is 21.8 Å². The van der Waals surface area contributed by atoms with Gasteiger partial charge < -0.3 is 10.6 Å². The normalized spacial score (nSPS) is 14.8. The summed E-state index contributed by atoms with van der Waals surface area (Å²) in [4.78, 5) is 24.1. The number of carbonyl (C=O) groups is 2. The number of rotatable bonds is 7. The lowest BCUT2D eigenvalue weighted by Gasteiger charge is -2.25. The van der Waals surface area contributed by atoms with E-state index in [4.69, 9.17) is 0 Å². The second-order valence-corrected chi connectivity index (χ2v) is 9.22. The van der Waals surface area contributed by atoms with Crippen molar-refractivity contribution in [2.75, 3.05) is 19.6 Å². The lowest BCUT2D eigenvalue weighted by Crippen LogP contribution is -2.40. The van der Waals surface area contributed by atoms with Crippen LogP contribution in [0, 0.1) is 0 Å². The van der Waals surface area contributed by atoms with Crippen LogP contribution in [0.25, 0.3) is 0 Å². The van der Waals surface area contributed by atoms with Crippen molar-refractivity contribution in [1.29, 1.82) is 0 Å². The van der Waals surface area contributed by atoms with Gasteiger partial charge in [-0.2, -0.15) is 4.31 Å². The smallest absolute Gasteiger partial charge is 0.309 e. The van der Waals surface area contributed by atoms with Crippen LogP contribution in [-0.4, -0.2) is 44.2 Å². The third kappa shape index (κ3) is 5.90. The van der Waals surface area contributed by atoms with Crippen LogP contribution in [0.5, 0.6) is 0 Å². The number of benzene rings is 2. The quantitative estimate of drug-likeness (QED) is 0.657. The molecule has 1 saturated heterocycles. The Kier molecular flexibility index (Phi) is 7.59. The zero-order valence-electron chi connectivity index (χ0n) is 16.8. The maximum atomic E-state index is 12.7. The number of hydrogen-bond acceptors (Lipinski definition) is 4. The molecule has 1 fully saturated rings. The molecule has 0 atom stereocenters. The van der Waals surface area contributed by atoms with Crippen LogP contribution >= 0.6 is 0 Å². The van der Waals surface area contributed by atoms with Gasteiger partial charge in [0.05, 0.1) is 4.90 Å². The SMILES string of the molecule is O=C(NCCc1ccccc1)C(=O)NCc1ccc(S(=O)(=O)N2CCCCC2)cc1. The number of hydrogen-bond donors (Lipinski definition) is 2. The van der Waals surface area contributed by atoms with Crippen LogP contribution in [0.1, 0.15) is 30.4 Å². The predicted octanol–water partition coefficient (Wildman–Crippen LogP) is 1.84. The summed E-state index contributed by atoms with van der Waals surface area (Å²) in [5.41, 5.74) is 1.80. The van der Waals surface area contributed by atoms with Crippen LogP contribution in [0.2, 0.25) is 0 Å². The second kappa shape index (κ2) is 10.4. The van der Waals surface area contributed by atoms with E-state index in [9.17, 15) is 18.0 Å². The zero-order valence-corrected chi connectivity index (χ0v) is 17.7. The van der Waals surface area contributed by atoms with Crippen molar-refractivity contribution >= 4 is 21.8 Å². The maximum absolute atomic E-state index is 12.7. The fourth-order valence-corrected chi connectivity index (χ4v) is 4.86. The first kappa shape index (κ1) is 22.0. The molecule has 8 heteroatoms. The molecule has 2 N–H and O–H groups in total. The monoisotopic (exact) mass is 429 g/mol. The van der Waals surface area contributed by atoms with E-state index in [2.05, 4.69) is 10.6 Å². The minimum atomic E-state index is -3.47. The lowest BCUT2D eigenvalue weighted by atomic mass is 10.1. The van der Waals surface area contributed by atoms with E-state index in [0.717, 1.165) is 30.4 Å². The Morgan fingerprint density at radius 3 is 2.10 bits per heavy atom. The van der Waals surface area contributed by atoms with Gasteiger partial charge in [-0.15, -0.1) is 0 Å². The molecule has 7 nitrogen and oxygen atoms in total. The van der Waals surface area contributed by atoms with Crippen molar-refractivity contribution in [1.82, 2.24) is 14.9 Å². The average Bonchev–Trinajstić information content (AvgIpc) is 2.79. The highest BCUT2D eigenvalue weighted by Gasteiger charge is 2.25. The fourth-order valence-electron chi connectivity index (χ4n) is 3.34.